The molecule has 1 aromatic heterocycles. The van der Waals surface area contributed by atoms with Crippen LogP contribution in [0, 0.1) is 0 Å². The van der Waals surface area contributed by atoms with Crippen LogP contribution in [0.1, 0.15) is 30.4 Å². The first-order valence-electron chi connectivity index (χ1n) is 6.47. The second-order valence-electron chi connectivity index (χ2n) is 3.86. The zero-order valence-corrected chi connectivity index (χ0v) is 15.9. The molecule has 1 rings (SSSR count). The van der Waals surface area contributed by atoms with Crippen molar-refractivity contribution in [3.63, 3.8) is 0 Å². The van der Waals surface area contributed by atoms with Gasteiger partial charge in [0.2, 0.25) is 0 Å². The van der Waals surface area contributed by atoms with E-state index in [1.807, 2.05) is 0 Å². The van der Waals surface area contributed by atoms with Crippen molar-refractivity contribution in [2.75, 3.05) is 18.8 Å². The van der Waals surface area contributed by atoms with E-state index >= 15 is 0 Å². The average Bonchev–Trinajstić information content (AvgIpc) is 2.90. The Hall–Kier alpha value is -0.440. The molecule has 0 aliphatic heterocycles. The van der Waals surface area contributed by atoms with Gasteiger partial charge in [-0.25, -0.2) is 4.79 Å². The molecule has 0 atom stereocenters. The van der Waals surface area contributed by atoms with Crippen LogP contribution in [-0.4, -0.2) is 48.9 Å². The normalized spacial score (nSPS) is 10.6. The highest BCUT2D eigenvalue weighted by atomic mass is 32.2. The van der Waals surface area contributed by atoms with Crippen molar-refractivity contribution in [3.8, 4) is 0 Å². The van der Waals surface area contributed by atoms with Gasteiger partial charge in [-0.2, -0.15) is 0 Å². The molecule has 0 aliphatic rings. The first-order chi connectivity index (χ1) is 10.2. The van der Waals surface area contributed by atoms with Gasteiger partial charge in [0.25, 0.3) is 0 Å². The molecule has 1 aromatic rings. The summed E-state index contributed by atoms with van der Waals surface area (Å²) in [6.45, 7) is 8.45. The van der Waals surface area contributed by atoms with Gasteiger partial charge in [-0.1, -0.05) is 30.9 Å². The van der Waals surface area contributed by atoms with Gasteiger partial charge in [-0.15, -0.1) is 11.3 Å². The number of carboxylic acid groups (broad SMARTS) is 1. The lowest BCUT2D eigenvalue weighted by atomic mass is 10.5. The third-order valence-corrected chi connectivity index (χ3v) is 5.90. The molecule has 10 heteroatoms. The fourth-order valence-electron chi connectivity index (χ4n) is 1.39. The fraction of sp³-hybridized carbons (Fsp3) is 0.500. The molecule has 0 fully saturated rings. The zero-order valence-electron chi connectivity index (χ0n) is 12.6. The van der Waals surface area contributed by atoms with Crippen molar-refractivity contribution >= 4 is 58.5 Å². The summed E-state index contributed by atoms with van der Waals surface area (Å²) in [5, 5.41) is 9.40. The molecule has 0 aliphatic carbocycles. The van der Waals surface area contributed by atoms with E-state index in [0.717, 1.165) is 40.6 Å². The van der Waals surface area contributed by atoms with Gasteiger partial charge in [0, 0.05) is 13.1 Å². The smallest absolute Gasteiger partial charge is 0.357 e. The Labute approximate surface area is 143 Å². The predicted octanol–water partition coefficient (Wildman–Crippen LogP) is 2.62. The van der Waals surface area contributed by atoms with E-state index in [-0.39, 0.29) is 4.88 Å². The summed E-state index contributed by atoms with van der Waals surface area (Å²) in [6, 6.07) is 1.12. The lowest BCUT2D eigenvalue weighted by molar-refractivity contribution is 0.0703. The minimum atomic E-state index is -4.43. The molecule has 0 saturated carbocycles. The first kappa shape index (κ1) is 21.6. The Kier molecular flexibility index (Phi) is 10.1. The number of rotatable bonds is 5. The quantitative estimate of drug-likeness (QED) is 0.526. The maximum absolute atomic E-state index is 10.7. The summed E-state index contributed by atoms with van der Waals surface area (Å²) in [5.74, 6) is -0.238. The van der Waals surface area contributed by atoms with E-state index in [4.69, 9.17) is 27.1 Å². The van der Waals surface area contributed by atoms with Crippen molar-refractivity contribution in [2.45, 2.75) is 20.8 Å². The minimum absolute atomic E-state index is 0.302. The van der Waals surface area contributed by atoms with Crippen LogP contribution >= 0.6 is 42.9 Å². The van der Waals surface area contributed by atoms with E-state index < -0.39 is 18.9 Å². The molecule has 22 heavy (non-hydrogen) atoms. The van der Waals surface area contributed by atoms with Gasteiger partial charge < -0.3 is 19.8 Å². The standard InChI is InChI=1S/C7H15NS2.C5H5O5PS/c1-4-8(5-2)7(9)10-6-3;6-5(7)4-3(1-2-12-4)11(8,9)10/h4-6H2,1-3H3;1-2H,(H,6,7)(H2,8,9,10). The van der Waals surface area contributed by atoms with Gasteiger partial charge in [-0.05, 0) is 31.0 Å². The van der Waals surface area contributed by atoms with E-state index in [1.165, 1.54) is 5.38 Å². The molecular formula is C12H20NO5PS3. The SMILES string of the molecule is CCSC(=S)N(CC)CC.O=C(O)c1sccc1P(=O)(O)O. The van der Waals surface area contributed by atoms with Crippen LogP contribution in [-0.2, 0) is 4.57 Å². The van der Waals surface area contributed by atoms with E-state index in [9.17, 15) is 9.36 Å². The fourth-order valence-corrected chi connectivity index (χ4v) is 4.56. The van der Waals surface area contributed by atoms with Crippen molar-refractivity contribution in [3.05, 3.63) is 16.3 Å². The molecule has 126 valence electrons. The van der Waals surface area contributed by atoms with Gasteiger partial charge in [0.1, 0.15) is 9.20 Å². The molecular weight excluding hydrogens is 365 g/mol. The monoisotopic (exact) mass is 385 g/mol. The Balaban J connectivity index is 0.000000409. The highest BCUT2D eigenvalue weighted by Crippen LogP contribution is 2.36. The number of thioether (sulfide) groups is 1. The molecule has 0 saturated heterocycles. The molecule has 0 radical (unpaired) electrons. The molecule has 6 nitrogen and oxygen atoms in total. The molecule has 0 amide bonds. The van der Waals surface area contributed by atoms with Crippen LogP contribution in [0.15, 0.2) is 11.4 Å². The molecule has 0 aromatic carbocycles. The van der Waals surface area contributed by atoms with Crippen LogP contribution in [0.25, 0.3) is 0 Å². The van der Waals surface area contributed by atoms with Crippen molar-refractivity contribution < 1.29 is 24.3 Å². The van der Waals surface area contributed by atoms with Crippen LogP contribution in [0.2, 0.25) is 0 Å². The van der Waals surface area contributed by atoms with Gasteiger partial charge >= 0.3 is 13.6 Å². The number of thiocarbonyl (C=S) groups is 1. The first-order valence-corrected chi connectivity index (χ1v) is 10.4. The van der Waals surface area contributed by atoms with Gasteiger partial charge in [0.05, 0.1) is 5.30 Å². The number of carboxylic acids is 1. The molecule has 0 bridgehead atoms. The highest BCUT2D eigenvalue weighted by Gasteiger charge is 2.25. The molecule has 3 N–H and O–H groups in total. The van der Waals surface area contributed by atoms with Crippen LogP contribution in [0.4, 0.5) is 0 Å². The summed E-state index contributed by atoms with van der Waals surface area (Å²) in [7, 11) is -4.43. The van der Waals surface area contributed by atoms with Crippen LogP contribution in [0.3, 0.4) is 0 Å². The number of hydrogen-bond acceptors (Lipinski definition) is 5. The Morgan fingerprint density at radius 2 is 1.91 bits per heavy atom. The summed E-state index contributed by atoms with van der Waals surface area (Å²) in [6.07, 6.45) is 0. The van der Waals surface area contributed by atoms with Gasteiger partial charge in [-0.3, -0.25) is 4.57 Å². The van der Waals surface area contributed by atoms with Crippen LogP contribution in [0.5, 0.6) is 0 Å². The van der Waals surface area contributed by atoms with Crippen LogP contribution < -0.4 is 5.30 Å². The van der Waals surface area contributed by atoms with E-state index in [2.05, 4.69) is 25.7 Å². The maximum Gasteiger partial charge on any atom is 0.357 e. The molecule has 0 spiro atoms. The second kappa shape index (κ2) is 10.4. The zero-order chi connectivity index (χ0) is 17.3. The summed E-state index contributed by atoms with van der Waals surface area (Å²) < 4.78 is 11.7. The van der Waals surface area contributed by atoms with E-state index in [0.29, 0.717) is 0 Å². The summed E-state index contributed by atoms with van der Waals surface area (Å²) in [4.78, 5) is 29.6. The number of hydrogen-bond donors (Lipinski definition) is 3. The molecule has 0 unspecified atom stereocenters. The predicted molar refractivity (Wildman–Crippen MR) is 96.6 cm³/mol. The Morgan fingerprint density at radius 1 is 1.36 bits per heavy atom. The topological polar surface area (TPSA) is 98.1 Å². The highest BCUT2D eigenvalue weighted by molar-refractivity contribution is 8.22. The average molecular weight is 385 g/mol. The third kappa shape index (κ3) is 7.21. The van der Waals surface area contributed by atoms with Crippen molar-refractivity contribution in [1.29, 1.82) is 0 Å². The second-order valence-corrected chi connectivity index (χ2v) is 8.24. The number of thiophene rings is 1. The maximum atomic E-state index is 10.7. The van der Waals surface area contributed by atoms with E-state index in [1.54, 1.807) is 11.8 Å². The van der Waals surface area contributed by atoms with Gasteiger partial charge in [0.15, 0.2) is 0 Å². The largest absolute Gasteiger partial charge is 0.477 e. The molecule has 1 heterocycles. The van der Waals surface area contributed by atoms with Crippen molar-refractivity contribution in [1.82, 2.24) is 4.90 Å². The third-order valence-electron chi connectivity index (χ3n) is 2.44. The summed E-state index contributed by atoms with van der Waals surface area (Å²) in [5.41, 5.74) is 0. The van der Waals surface area contributed by atoms with Crippen molar-refractivity contribution in [2.24, 2.45) is 0 Å². The lowest BCUT2D eigenvalue weighted by Crippen LogP contribution is -2.26. The Bertz CT molecular complexity index is 539. The summed E-state index contributed by atoms with van der Waals surface area (Å²) >= 11 is 7.70. The lowest BCUT2D eigenvalue weighted by Gasteiger charge is -2.20. The minimum Gasteiger partial charge on any atom is -0.477 e. The Morgan fingerprint density at radius 3 is 2.23 bits per heavy atom. The number of carbonyl (C=O) groups is 1. The number of nitrogens with zero attached hydrogens (tertiary/aromatic N) is 1. The number of aromatic carboxylic acids is 1.